The largest absolute Gasteiger partial charge is 0.634 e. The van der Waals surface area contributed by atoms with Gasteiger partial charge in [0.05, 0.1) is 13.1 Å². The maximum Gasteiger partial charge on any atom is 0.145 e. The zero-order valence-electron chi connectivity index (χ0n) is 10.1. The van der Waals surface area contributed by atoms with Crippen molar-refractivity contribution in [3.8, 4) is 0 Å². The molecule has 1 fully saturated rings. The molecule has 0 aliphatic heterocycles. The third-order valence-corrected chi connectivity index (χ3v) is 3.94. The highest BCUT2D eigenvalue weighted by Crippen LogP contribution is 2.35. The first kappa shape index (κ1) is 14.3. The maximum absolute atomic E-state index is 11.5. The lowest BCUT2D eigenvalue weighted by molar-refractivity contribution is -0.986. The number of nitrogens with two attached hydrogens (primary N) is 3. The van der Waals surface area contributed by atoms with Gasteiger partial charge in [0.2, 0.25) is 0 Å². The minimum atomic E-state index is -0.491. The van der Waals surface area contributed by atoms with Crippen LogP contribution in [0.2, 0.25) is 0 Å². The molecule has 0 aromatic carbocycles. The molecule has 16 heavy (non-hydrogen) atoms. The molecule has 1 saturated carbocycles. The van der Waals surface area contributed by atoms with E-state index in [4.69, 9.17) is 17.5 Å². The Kier molecular flexibility index (Phi) is 4.29. The van der Waals surface area contributed by atoms with Crippen LogP contribution < -0.4 is 22.6 Å². The van der Waals surface area contributed by atoms with Crippen molar-refractivity contribution in [2.45, 2.75) is 49.8 Å². The molecule has 5 atom stereocenters. The van der Waals surface area contributed by atoms with Crippen LogP contribution in [0.3, 0.4) is 0 Å². The molecule has 6 nitrogen and oxygen atoms in total. The number of nitrogens with zero attached hydrogens (tertiary/aromatic N) is 1. The molecule has 0 bridgehead atoms. The average Bonchev–Trinajstić information content (AvgIpc) is 2.22. The van der Waals surface area contributed by atoms with Crippen LogP contribution in [0, 0.1) is 5.21 Å². The Labute approximate surface area is 99.4 Å². The van der Waals surface area contributed by atoms with Crippen LogP contribution in [0.25, 0.3) is 0 Å². The third-order valence-electron chi connectivity index (χ3n) is 3.47. The summed E-state index contributed by atoms with van der Waals surface area (Å²) in [5.41, 5.74) is 0. The Morgan fingerprint density at radius 3 is 2.31 bits per heavy atom. The molecule has 0 amide bonds. The number of hydrogen-bond donors (Lipinski definition) is 4. The lowest BCUT2D eigenvalue weighted by Crippen LogP contribution is -3.08. The first-order chi connectivity index (χ1) is 7.12. The average molecular weight is 250 g/mol. The van der Waals surface area contributed by atoms with Crippen molar-refractivity contribution in [2.75, 3.05) is 7.05 Å². The highest BCUT2D eigenvalue weighted by Gasteiger charge is 2.40. The fourth-order valence-electron chi connectivity index (χ4n) is 2.51. The summed E-state index contributed by atoms with van der Waals surface area (Å²) in [5, 5.41) is 11.7. The second kappa shape index (κ2) is 4.82. The summed E-state index contributed by atoms with van der Waals surface area (Å²) in [7, 11) is 4.47. The molecule has 0 aromatic rings. The van der Waals surface area contributed by atoms with E-state index in [-0.39, 0.29) is 22.3 Å². The number of nitrogens with one attached hydrogen (secondary N) is 1. The standard InChI is InChI=1S/C9H25N5OP/c1-9(16)5-7(13(2)15)3-4-8(6-9)14(10,11)12/h7-8,13H,3-6,10-12,16H2,1-2H3/q+1. The number of hydrogen-bond acceptors (Lipinski definition) is 4. The smallest absolute Gasteiger partial charge is 0.145 e. The summed E-state index contributed by atoms with van der Waals surface area (Å²) in [4.78, 5) is -0.491. The van der Waals surface area contributed by atoms with Crippen LogP contribution in [0.1, 0.15) is 32.6 Å². The van der Waals surface area contributed by atoms with E-state index in [2.05, 4.69) is 16.2 Å². The molecule has 0 spiro atoms. The molecule has 0 saturated heterocycles. The fraction of sp³-hybridized carbons (Fsp3) is 1.00. The predicted molar refractivity (Wildman–Crippen MR) is 67.2 cm³/mol. The van der Waals surface area contributed by atoms with Gasteiger partial charge in [-0.3, -0.25) is 0 Å². The van der Waals surface area contributed by atoms with E-state index in [1.165, 1.54) is 0 Å². The van der Waals surface area contributed by atoms with Crippen LogP contribution in [-0.4, -0.2) is 29.1 Å². The van der Waals surface area contributed by atoms with E-state index in [1.807, 2.05) is 0 Å². The van der Waals surface area contributed by atoms with Crippen LogP contribution >= 0.6 is 9.24 Å². The van der Waals surface area contributed by atoms with Gasteiger partial charge in [0.25, 0.3) is 0 Å². The fourth-order valence-corrected chi connectivity index (χ4v) is 3.07. The Hall–Kier alpha value is 0.190. The summed E-state index contributed by atoms with van der Waals surface area (Å²) >= 11 is 0. The minimum Gasteiger partial charge on any atom is -0.634 e. The molecule has 7 N–H and O–H groups in total. The molecule has 96 valence electrons. The minimum absolute atomic E-state index is 0.00634. The summed E-state index contributed by atoms with van der Waals surface area (Å²) in [5.74, 6) is 17.2. The summed E-state index contributed by atoms with van der Waals surface area (Å²) in [6.07, 6.45) is 3.32. The molecular weight excluding hydrogens is 225 g/mol. The Balaban J connectivity index is 2.78. The van der Waals surface area contributed by atoms with Gasteiger partial charge in [-0.1, -0.05) is 6.92 Å². The summed E-state index contributed by atoms with van der Waals surface area (Å²) in [6, 6.07) is 0.117. The zero-order chi connectivity index (χ0) is 12.6. The molecule has 0 aromatic heterocycles. The van der Waals surface area contributed by atoms with Crippen molar-refractivity contribution in [1.29, 1.82) is 0 Å². The van der Waals surface area contributed by atoms with Crippen molar-refractivity contribution in [3.05, 3.63) is 5.21 Å². The van der Waals surface area contributed by atoms with Gasteiger partial charge in [-0.15, -0.1) is 31.6 Å². The van der Waals surface area contributed by atoms with E-state index >= 15 is 0 Å². The van der Waals surface area contributed by atoms with Crippen molar-refractivity contribution in [3.63, 3.8) is 0 Å². The van der Waals surface area contributed by atoms with Crippen molar-refractivity contribution >= 4 is 9.24 Å². The second-order valence-electron chi connectivity index (χ2n) is 5.50. The molecule has 1 aliphatic carbocycles. The van der Waals surface area contributed by atoms with E-state index in [9.17, 15) is 5.21 Å². The van der Waals surface area contributed by atoms with Crippen LogP contribution in [0.4, 0.5) is 0 Å². The lowest BCUT2D eigenvalue weighted by atomic mass is 9.97. The highest BCUT2D eigenvalue weighted by atomic mass is 31.0. The molecule has 0 radical (unpaired) electrons. The van der Waals surface area contributed by atoms with E-state index < -0.39 is 4.81 Å². The Morgan fingerprint density at radius 2 is 1.88 bits per heavy atom. The van der Waals surface area contributed by atoms with Gasteiger partial charge < -0.3 is 10.3 Å². The number of rotatable bonds is 2. The zero-order valence-corrected chi connectivity index (χ0v) is 11.3. The van der Waals surface area contributed by atoms with Gasteiger partial charge in [-0.25, -0.2) is 0 Å². The monoisotopic (exact) mass is 250 g/mol. The molecule has 5 unspecified atom stereocenters. The third kappa shape index (κ3) is 3.89. The van der Waals surface area contributed by atoms with Crippen LogP contribution in [-0.2, 0) is 0 Å². The van der Waals surface area contributed by atoms with Crippen LogP contribution in [0.15, 0.2) is 0 Å². The van der Waals surface area contributed by atoms with E-state index in [1.54, 1.807) is 7.05 Å². The normalized spacial score (nSPS) is 39.2. The van der Waals surface area contributed by atoms with Gasteiger partial charge in [0, 0.05) is 25.7 Å². The molecular formula is C9H25N5OP+. The highest BCUT2D eigenvalue weighted by molar-refractivity contribution is 7.18. The molecule has 0 heterocycles. The van der Waals surface area contributed by atoms with E-state index in [0.29, 0.717) is 0 Å². The number of hydroxylamine groups is 2. The summed E-state index contributed by atoms with van der Waals surface area (Å²) < 4.78 is 0. The van der Waals surface area contributed by atoms with Gasteiger partial charge in [-0.05, 0) is 5.16 Å². The van der Waals surface area contributed by atoms with Crippen LogP contribution in [0.5, 0.6) is 0 Å². The molecule has 1 aliphatic rings. The SMILES string of the molecule is C[NH+]([O-])C1CCC([N+](N)(N)N)CC(C)(P)C1. The second-order valence-corrected chi connectivity index (χ2v) is 6.89. The van der Waals surface area contributed by atoms with Crippen molar-refractivity contribution in [1.82, 2.24) is 0 Å². The van der Waals surface area contributed by atoms with Gasteiger partial charge in [-0.2, -0.15) is 0 Å². The quantitative estimate of drug-likeness (QED) is 0.155. The number of quaternary nitrogens is 2. The lowest BCUT2D eigenvalue weighted by Gasteiger charge is -2.33. The Morgan fingerprint density at radius 1 is 1.31 bits per heavy atom. The Bertz CT molecular complexity index is 241. The topological polar surface area (TPSA) is 106 Å². The van der Waals surface area contributed by atoms with Gasteiger partial charge >= 0.3 is 0 Å². The maximum atomic E-state index is 11.5. The van der Waals surface area contributed by atoms with E-state index in [0.717, 1.165) is 25.7 Å². The van der Waals surface area contributed by atoms with Crippen molar-refractivity contribution < 1.29 is 9.87 Å². The predicted octanol–water partition coefficient (Wildman–Crippen LogP) is -1.62. The van der Waals surface area contributed by atoms with Gasteiger partial charge in [0.15, 0.2) is 0 Å². The van der Waals surface area contributed by atoms with Crippen molar-refractivity contribution in [2.24, 2.45) is 17.5 Å². The first-order valence-electron chi connectivity index (χ1n) is 5.65. The molecule has 7 heteroatoms. The summed E-state index contributed by atoms with van der Waals surface area (Å²) in [6.45, 7) is 2.11. The molecule has 1 rings (SSSR count). The van der Waals surface area contributed by atoms with Gasteiger partial charge in [0.1, 0.15) is 6.04 Å². The first-order valence-corrected chi connectivity index (χ1v) is 6.23.